The standard InChI is InChI=1S/C10H11ClF2N2O2/c1-17-8(16)3-5-2-6(10(12)13)9(11)15-7(5)4-14/h2,10H,3-4,14H2,1H3. The van der Waals surface area contributed by atoms with Crippen molar-refractivity contribution in [2.75, 3.05) is 7.11 Å². The van der Waals surface area contributed by atoms with Crippen LogP contribution in [0.2, 0.25) is 5.15 Å². The summed E-state index contributed by atoms with van der Waals surface area (Å²) in [5.41, 5.74) is 5.60. The number of aromatic nitrogens is 1. The molecule has 2 N–H and O–H groups in total. The van der Waals surface area contributed by atoms with Crippen molar-refractivity contribution < 1.29 is 18.3 Å². The molecule has 17 heavy (non-hydrogen) atoms. The van der Waals surface area contributed by atoms with Crippen LogP contribution in [0.4, 0.5) is 8.78 Å². The normalized spacial score (nSPS) is 10.7. The van der Waals surface area contributed by atoms with Gasteiger partial charge in [-0.2, -0.15) is 0 Å². The van der Waals surface area contributed by atoms with Crippen LogP contribution in [0, 0.1) is 0 Å². The molecule has 1 aromatic heterocycles. The highest BCUT2D eigenvalue weighted by Crippen LogP contribution is 2.27. The first-order valence-electron chi connectivity index (χ1n) is 4.72. The molecule has 94 valence electrons. The number of pyridine rings is 1. The van der Waals surface area contributed by atoms with Crippen molar-refractivity contribution in [1.29, 1.82) is 0 Å². The van der Waals surface area contributed by atoms with E-state index < -0.39 is 18.0 Å². The number of esters is 1. The zero-order valence-corrected chi connectivity index (χ0v) is 9.80. The van der Waals surface area contributed by atoms with Gasteiger partial charge in [0, 0.05) is 6.54 Å². The van der Waals surface area contributed by atoms with Crippen molar-refractivity contribution >= 4 is 17.6 Å². The maximum Gasteiger partial charge on any atom is 0.310 e. The summed E-state index contributed by atoms with van der Waals surface area (Å²) in [7, 11) is 1.21. The van der Waals surface area contributed by atoms with Gasteiger partial charge >= 0.3 is 5.97 Å². The molecular weight excluding hydrogens is 254 g/mol. The number of nitrogens with two attached hydrogens (primary N) is 1. The third-order valence-electron chi connectivity index (χ3n) is 2.16. The van der Waals surface area contributed by atoms with Gasteiger partial charge < -0.3 is 10.5 Å². The molecule has 0 spiro atoms. The van der Waals surface area contributed by atoms with Gasteiger partial charge in [0.1, 0.15) is 5.15 Å². The minimum Gasteiger partial charge on any atom is -0.469 e. The highest BCUT2D eigenvalue weighted by atomic mass is 35.5. The molecule has 0 fully saturated rings. The predicted molar refractivity (Wildman–Crippen MR) is 57.8 cm³/mol. The molecule has 1 aromatic rings. The Morgan fingerprint density at radius 2 is 2.29 bits per heavy atom. The number of halogens is 3. The Kier molecular flexibility index (Phi) is 4.77. The maximum absolute atomic E-state index is 12.6. The molecule has 4 nitrogen and oxygen atoms in total. The Balaban J connectivity index is 3.16. The van der Waals surface area contributed by atoms with E-state index in [-0.39, 0.29) is 18.1 Å². The van der Waals surface area contributed by atoms with E-state index in [1.807, 2.05) is 0 Å². The highest BCUT2D eigenvalue weighted by molar-refractivity contribution is 6.30. The third kappa shape index (κ3) is 3.34. The molecule has 0 aliphatic heterocycles. The summed E-state index contributed by atoms with van der Waals surface area (Å²) >= 11 is 5.58. The van der Waals surface area contributed by atoms with Gasteiger partial charge in [0.2, 0.25) is 0 Å². The van der Waals surface area contributed by atoms with Gasteiger partial charge in [-0.15, -0.1) is 0 Å². The lowest BCUT2D eigenvalue weighted by molar-refractivity contribution is -0.139. The highest BCUT2D eigenvalue weighted by Gasteiger charge is 2.18. The molecule has 7 heteroatoms. The van der Waals surface area contributed by atoms with Crippen LogP contribution in [0.3, 0.4) is 0 Å². The molecule has 0 atom stereocenters. The van der Waals surface area contributed by atoms with Gasteiger partial charge in [0.05, 0.1) is 24.8 Å². The number of methoxy groups -OCH3 is 1. The van der Waals surface area contributed by atoms with Gasteiger partial charge in [-0.3, -0.25) is 4.79 Å². The van der Waals surface area contributed by atoms with Crippen molar-refractivity contribution in [3.05, 3.63) is 28.0 Å². The summed E-state index contributed by atoms with van der Waals surface area (Å²) in [5.74, 6) is -0.552. The quantitative estimate of drug-likeness (QED) is 0.666. The van der Waals surface area contributed by atoms with Gasteiger partial charge in [0.15, 0.2) is 0 Å². The van der Waals surface area contributed by atoms with E-state index in [0.29, 0.717) is 11.3 Å². The van der Waals surface area contributed by atoms with Crippen molar-refractivity contribution in [2.24, 2.45) is 5.73 Å². The first-order chi connectivity index (χ1) is 7.99. The summed E-state index contributed by atoms with van der Waals surface area (Å²) in [5, 5.41) is -0.297. The number of ether oxygens (including phenoxy) is 1. The second kappa shape index (κ2) is 5.88. The molecule has 0 bridgehead atoms. The minimum atomic E-state index is -2.75. The van der Waals surface area contributed by atoms with E-state index >= 15 is 0 Å². The van der Waals surface area contributed by atoms with E-state index in [4.69, 9.17) is 17.3 Å². The summed E-state index contributed by atoms with van der Waals surface area (Å²) < 4.78 is 29.6. The van der Waals surface area contributed by atoms with E-state index in [1.165, 1.54) is 7.11 Å². The van der Waals surface area contributed by atoms with Crippen LogP contribution in [0.1, 0.15) is 23.2 Å². The molecule has 0 unspecified atom stereocenters. The maximum atomic E-state index is 12.6. The van der Waals surface area contributed by atoms with Crippen LogP contribution in [0.5, 0.6) is 0 Å². The number of rotatable bonds is 4. The Morgan fingerprint density at radius 1 is 1.65 bits per heavy atom. The van der Waals surface area contributed by atoms with Crippen LogP contribution < -0.4 is 5.73 Å². The zero-order chi connectivity index (χ0) is 13.0. The Bertz CT molecular complexity index is 427. The number of carbonyl (C=O) groups is 1. The fourth-order valence-corrected chi connectivity index (χ4v) is 1.53. The Hall–Kier alpha value is -1.27. The Labute approximate surface area is 102 Å². The zero-order valence-electron chi connectivity index (χ0n) is 9.04. The van der Waals surface area contributed by atoms with Crippen molar-refractivity contribution in [2.45, 2.75) is 19.4 Å². The number of hydrogen-bond donors (Lipinski definition) is 1. The van der Waals surface area contributed by atoms with Crippen LogP contribution >= 0.6 is 11.6 Å². The lowest BCUT2D eigenvalue weighted by Gasteiger charge is -2.10. The summed E-state index contributed by atoms with van der Waals surface area (Å²) in [6.45, 7) is 0.00949. The van der Waals surface area contributed by atoms with Crippen molar-refractivity contribution in [3.63, 3.8) is 0 Å². The smallest absolute Gasteiger partial charge is 0.310 e. The average Bonchev–Trinajstić information content (AvgIpc) is 2.30. The van der Waals surface area contributed by atoms with Gasteiger partial charge in [0.25, 0.3) is 6.43 Å². The van der Waals surface area contributed by atoms with Crippen LogP contribution in [-0.2, 0) is 22.5 Å². The number of alkyl halides is 2. The topological polar surface area (TPSA) is 65.2 Å². The molecule has 0 radical (unpaired) electrons. The lowest BCUT2D eigenvalue weighted by atomic mass is 10.1. The van der Waals surface area contributed by atoms with E-state index in [9.17, 15) is 13.6 Å². The second-order valence-corrected chi connectivity index (χ2v) is 3.59. The van der Waals surface area contributed by atoms with E-state index in [2.05, 4.69) is 9.72 Å². The molecule has 0 saturated heterocycles. The Morgan fingerprint density at radius 3 is 2.76 bits per heavy atom. The summed E-state index contributed by atoms with van der Waals surface area (Å²) in [4.78, 5) is 14.9. The SMILES string of the molecule is COC(=O)Cc1cc(C(F)F)c(Cl)nc1CN. The van der Waals surface area contributed by atoms with E-state index in [0.717, 1.165) is 6.07 Å². The van der Waals surface area contributed by atoms with Gasteiger partial charge in [-0.25, -0.2) is 13.8 Å². The largest absolute Gasteiger partial charge is 0.469 e. The fourth-order valence-electron chi connectivity index (χ4n) is 1.30. The molecule has 1 heterocycles. The molecule has 0 aliphatic carbocycles. The van der Waals surface area contributed by atoms with Crippen LogP contribution in [-0.4, -0.2) is 18.1 Å². The van der Waals surface area contributed by atoms with Gasteiger partial charge in [-0.05, 0) is 11.6 Å². The van der Waals surface area contributed by atoms with Crippen molar-refractivity contribution in [1.82, 2.24) is 4.98 Å². The van der Waals surface area contributed by atoms with Crippen molar-refractivity contribution in [3.8, 4) is 0 Å². The van der Waals surface area contributed by atoms with Gasteiger partial charge in [-0.1, -0.05) is 11.6 Å². The van der Waals surface area contributed by atoms with E-state index in [1.54, 1.807) is 0 Å². The first kappa shape index (κ1) is 13.8. The predicted octanol–water partition coefficient (Wildman–Crippen LogP) is 1.85. The molecule has 0 saturated carbocycles. The molecule has 0 aromatic carbocycles. The minimum absolute atomic E-state index is 0.00949. The van der Waals surface area contributed by atoms with Crippen LogP contribution in [0.15, 0.2) is 6.07 Å². The second-order valence-electron chi connectivity index (χ2n) is 3.23. The monoisotopic (exact) mass is 264 g/mol. The number of nitrogens with zero attached hydrogens (tertiary/aromatic N) is 1. The van der Waals surface area contributed by atoms with Crippen LogP contribution in [0.25, 0.3) is 0 Å². The number of carbonyl (C=O) groups excluding carboxylic acids is 1. The summed E-state index contributed by atoms with van der Waals surface area (Å²) in [6.07, 6.45) is -2.91. The fraction of sp³-hybridized carbons (Fsp3) is 0.400. The lowest BCUT2D eigenvalue weighted by Crippen LogP contribution is -2.12. The molecule has 1 rings (SSSR count). The average molecular weight is 265 g/mol. The molecule has 0 aliphatic rings. The molecular formula is C10H11ClF2N2O2. The molecule has 0 amide bonds. The first-order valence-corrected chi connectivity index (χ1v) is 5.10. The number of hydrogen-bond acceptors (Lipinski definition) is 4. The summed E-state index contributed by atoms with van der Waals surface area (Å²) in [6, 6.07) is 1.14. The third-order valence-corrected chi connectivity index (χ3v) is 2.47.